The fourth-order valence-electron chi connectivity index (χ4n) is 1.67. The lowest BCUT2D eigenvalue weighted by Crippen LogP contribution is -1.97. The first-order valence-electron chi connectivity index (χ1n) is 4.79. The quantitative estimate of drug-likeness (QED) is 0.806. The predicted octanol–water partition coefficient (Wildman–Crippen LogP) is 4.95. The number of aryl methyl sites for hydroxylation is 1. The molecule has 0 bridgehead atoms. The number of carboxylic acids is 1. The molecule has 0 aliphatic carbocycles. The summed E-state index contributed by atoms with van der Waals surface area (Å²) < 4.78 is 1.64. The minimum absolute atomic E-state index is 0.342. The normalized spacial score (nSPS) is 10.5. The largest absolute Gasteiger partial charge is 0.478 e. The lowest BCUT2D eigenvalue weighted by Gasteiger charge is -2.03. The Morgan fingerprint density at radius 3 is 2.35 bits per heavy atom. The summed E-state index contributed by atoms with van der Waals surface area (Å²) in [4.78, 5) is 12.3. The van der Waals surface area contributed by atoms with Crippen molar-refractivity contribution in [3.8, 4) is 11.1 Å². The van der Waals surface area contributed by atoms with Crippen molar-refractivity contribution >= 4 is 49.2 Å². The third-order valence-electron chi connectivity index (χ3n) is 2.39. The molecule has 0 unspecified atom stereocenters. The number of benzene rings is 1. The monoisotopic (exact) mass is 374 g/mol. The Bertz CT molecular complexity index is 573. The van der Waals surface area contributed by atoms with Crippen LogP contribution in [0.25, 0.3) is 11.1 Å². The van der Waals surface area contributed by atoms with Crippen LogP contribution in [-0.4, -0.2) is 11.1 Å². The first kappa shape index (κ1) is 12.8. The molecule has 88 valence electrons. The Hall–Kier alpha value is -0.650. The van der Waals surface area contributed by atoms with Crippen molar-refractivity contribution in [1.82, 2.24) is 0 Å². The van der Waals surface area contributed by atoms with Crippen LogP contribution in [0.1, 0.15) is 15.2 Å². The molecule has 1 aromatic carbocycles. The third kappa shape index (κ3) is 2.46. The maximum Gasteiger partial charge on any atom is 0.338 e. The van der Waals surface area contributed by atoms with Crippen LogP contribution in [-0.2, 0) is 0 Å². The van der Waals surface area contributed by atoms with Crippen LogP contribution in [0.2, 0.25) is 0 Å². The molecule has 0 aliphatic heterocycles. The number of carboxylic acid groups (broad SMARTS) is 1. The van der Waals surface area contributed by atoms with Gasteiger partial charge in [0, 0.05) is 14.9 Å². The smallest absolute Gasteiger partial charge is 0.338 e. The zero-order valence-electron chi connectivity index (χ0n) is 8.83. The molecule has 0 fully saturated rings. The van der Waals surface area contributed by atoms with Crippen LogP contribution in [0.5, 0.6) is 0 Å². The second-order valence-electron chi connectivity index (χ2n) is 3.49. The van der Waals surface area contributed by atoms with Gasteiger partial charge in [-0.05, 0) is 40.5 Å². The highest BCUT2D eigenvalue weighted by molar-refractivity contribution is 9.11. The highest BCUT2D eigenvalue weighted by Gasteiger charge is 2.21. The SMILES string of the molecule is Cc1sc(Br)c(C(=O)O)c1-c1ccc(Br)cc1. The number of thiophene rings is 1. The van der Waals surface area contributed by atoms with E-state index in [2.05, 4.69) is 31.9 Å². The molecule has 5 heteroatoms. The van der Waals surface area contributed by atoms with E-state index in [-0.39, 0.29) is 0 Å². The van der Waals surface area contributed by atoms with Crippen molar-refractivity contribution in [2.45, 2.75) is 6.92 Å². The molecule has 17 heavy (non-hydrogen) atoms. The molecular formula is C12H8Br2O2S. The van der Waals surface area contributed by atoms with E-state index in [1.54, 1.807) is 0 Å². The summed E-state index contributed by atoms with van der Waals surface area (Å²) in [6, 6.07) is 7.65. The van der Waals surface area contributed by atoms with Crippen LogP contribution in [0.4, 0.5) is 0 Å². The van der Waals surface area contributed by atoms with Crippen molar-refractivity contribution in [3.63, 3.8) is 0 Å². The summed E-state index contributed by atoms with van der Waals surface area (Å²) in [6.07, 6.45) is 0. The van der Waals surface area contributed by atoms with E-state index in [1.807, 2.05) is 31.2 Å². The number of aromatic carboxylic acids is 1. The highest BCUT2D eigenvalue weighted by atomic mass is 79.9. The summed E-state index contributed by atoms with van der Waals surface area (Å²) in [5.74, 6) is -0.904. The van der Waals surface area contributed by atoms with E-state index in [4.69, 9.17) is 0 Å². The summed E-state index contributed by atoms with van der Waals surface area (Å²) in [6.45, 7) is 1.93. The summed E-state index contributed by atoms with van der Waals surface area (Å²) in [7, 11) is 0. The average Bonchev–Trinajstić information content (AvgIpc) is 2.55. The summed E-state index contributed by atoms with van der Waals surface area (Å²) in [5.41, 5.74) is 2.06. The van der Waals surface area contributed by atoms with Crippen molar-refractivity contribution in [2.24, 2.45) is 0 Å². The van der Waals surface area contributed by atoms with Crippen LogP contribution < -0.4 is 0 Å². The van der Waals surface area contributed by atoms with Crippen LogP contribution in [0, 0.1) is 6.92 Å². The molecule has 0 saturated carbocycles. The Kier molecular flexibility index (Phi) is 3.70. The molecule has 2 rings (SSSR count). The first-order chi connectivity index (χ1) is 8.00. The molecule has 0 amide bonds. The number of carbonyl (C=O) groups is 1. The van der Waals surface area contributed by atoms with Crippen molar-refractivity contribution in [1.29, 1.82) is 0 Å². The zero-order chi connectivity index (χ0) is 12.6. The molecule has 0 radical (unpaired) electrons. The Morgan fingerprint density at radius 2 is 1.82 bits per heavy atom. The molecule has 0 atom stereocenters. The van der Waals surface area contributed by atoms with Gasteiger partial charge in [-0.2, -0.15) is 0 Å². The molecule has 1 aromatic heterocycles. The van der Waals surface area contributed by atoms with Gasteiger partial charge in [0.15, 0.2) is 0 Å². The molecule has 0 aliphatic rings. The first-order valence-corrected chi connectivity index (χ1v) is 7.19. The Labute approximate surface area is 120 Å². The van der Waals surface area contributed by atoms with E-state index < -0.39 is 5.97 Å². The molecule has 1 N–H and O–H groups in total. The second-order valence-corrected chi connectivity index (χ2v) is 6.95. The van der Waals surface area contributed by atoms with Gasteiger partial charge in [0.05, 0.1) is 9.35 Å². The maximum absolute atomic E-state index is 11.3. The Morgan fingerprint density at radius 1 is 1.24 bits per heavy atom. The topological polar surface area (TPSA) is 37.3 Å². The standard InChI is InChI=1S/C12H8Br2O2S/c1-6-9(7-2-4-8(13)5-3-7)10(12(15)16)11(14)17-6/h2-5H,1H3,(H,15,16). The van der Waals surface area contributed by atoms with Crippen LogP contribution in [0.3, 0.4) is 0 Å². The number of hydrogen-bond acceptors (Lipinski definition) is 2. The van der Waals surface area contributed by atoms with Gasteiger partial charge in [0.1, 0.15) is 0 Å². The second kappa shape index (κ2) is 4.92. The van der Waals surface area contributed by atoms with Gasteiger partial charge in [-0.25, -0.2) is 4.79 Å². The van der Waals surface area contributed by atoms with E-state index in [1.165, 1.54) is 11.3 Å². The minimum atomic E-state index is -0.904. The lowest BCUT2D eigenvalue weighted by atomic mass is 10.0. The molecular weight excluding hydrogens is 368 g/mol. The minimum Gasteiger partial charge on any atom is -0.478 e. The molecule has 2 aromatic rings. The number of rotatable bonds is 2. The third-order valence-corrected chi connectivity index (χ3v) is 4.69. The van der Waals surface area contributed by atoms with E-state index in [9.17, 15) is 9.90 Å². The highest BCUT2D eigenvalue weighted by Crippen LogP contribution is 2.39. The van der Waals surface area contributed by atoms with E-state index >= 15 is 0 Å². The summed E-state index contributed by atoms with van der Waals surface area (Å²) >= 11 is 8.12. The molecule has 0 saturated heterocycles. The van der Waals surface area contributed by atoms with Gasteiger partial charge in [-0.3, -0.25) is 0 Å². The van der Waals surface area contributed by atoms with Gasteiger partial charge in [0.2, 0.25) is 0 Å². The predicted molar refractivity (Wildman–Crippen MR) is 76.9 cm³/mol. The summed E-state index contributed by atoms with van der Waals surface area (Å²) in [5, 5.41) is 9.24. The van der Waals surface area contributed by atoms with E-state index in [0.717, 1.165) is 20.5 Å². The molecule has 2 nitrogen and oxygen atoms in total. The van der Waals surface area contributed by atoms with Gasteiger partial charge >= 0.3 is 5.97 Å². The van der Waals surface area contributed by atoms with Crippen LogP contribution >= 0.6 is 43.2 Å². The number of halogens is 2. The van der Waals surface area contributed by atoms with Crippen molar-refractivity contribution in [2.75, 3.05) is 0 Å². The van der Waals surface area contributed by atoms with Gasteiger partial charge in [-0.1, -0.05) is 28.1 Å². The Balaban J connectivity index is 2.66. The van der Waals surface area contributed by atoms with Gasteiger partial charge < -0.3 is 5.11 Å². The van der Waals surface area contributed by atoms with E-state index in [0.29, 0.717) is 9.35 Å². The fraction of sp³-hybridized carbons (Fsp3) is 0.0833. The van der Waals surface area contributed by atoms with Gasteiger partial charge in [-0.15, -0.1) is 11.3 Å². The maximum atomic E-state index is 11.3. The zero-order valence-corrected chi connectivity index (χ0v) is 12.8. The van der Waals surface area contributed by atoms with Crippen molar-refractivity contribution in [3.05, 3.63) is 43.0 Å². The molecule has 0 spiro atoms. The van der Waals surface area contributed by atoms with Crippen LogP contribution in [0.15, 0.2) is 32.5 Å². The molecule has 1 heterocycles. The average molecular weight is 376 g/mol. The number of hydrogen-bond donors (Lipinski definition) is 1. The fourth-order valence-corrected chi connectivity index (χ4v) is 3.91. The lowest BCUT2D eigenvalue weighted by molar-refractivity contribution is 0.0697. The van der Waals surface area contributed by atoms with Gasteiger partial charge in [0.25, 0.3) is 0 Å². The van der Waals surface area contributed by atoms with Crippen molar-refractivity contribution < 1.29 is 9.90 Å².